The quantitative estimate of drug-likeness (QED) is 0.779. The van der Waals surface area contributed by atoms with Crippen LogP contribution in [0.1, 0.15) is 22.6 Å². The topological polar surface area (TPSA) is 44.9 Å². The van der Waals surface area contributed by atoms with E-state index in [1.165, 1.54) is 11.1 Å². The Labute approximate surface area is 129 Å². The summed E-state index contributed by atoms with van der Waals surface area (Å²) in [6, 6.07) is 18.6. The molecule has 3 nitrogen and oxygen atoms in total. The number of rotatable bonds is 3. The summed E-state index contributed by atoms with van der Waals surface area (Å²) in [6.07, 6.45) is 0.670. The van der Waals surface area contributed by atoms with E-state index < -0.39 is 0 Å². The summed E-state index contributed by atoms with van der Waals surface area (Å²) in [5.74, 6) is 0.651. The first-order chi connectivity index (χ1) is 10.8. The molecule has 0 aliphatic carbocycles. The Balaban J connectivity index is 1.62. The Morgan fingerprint density at radius 1 is 1.00 bits per heavy atom. The molecule has 2 heterocycles. The van der Waals surface area contributed by atoms with Crippen molar-refractivity contribution in [2.75, 3.05) is 13.1 Å². The van der Waals surface area contributed by atoms with Crippen LogP contribution in [0.15, 0.2) is 59.4 Å². The van der Waals surface area contributed by atoms with Gasteiger partial charge in [-0.2, -0.15) is 0 Å². The molecule has 0 radical (unpaired) electrons. The Kier molecular flexibility index (Phi) is 3.28. The van der Waals surface area contributed by atoms with Crippen molar-refractivity contribution in [3.63, 3.8) is 0 Å². The largest absolute Gasteiger partial charge is 0.322 e. The van der Waals surface area contributed by atoms with E-state index in [9.17, 15) is 4.79 Å². The van der Waals surface area contributed by atoms with Crippen molar-refractivity contribution in [3.8, 4) is 0 Å². The lowest BCUT2D eigenvalue weighted by Gasteiger charge is -2.27. The summed E-state index contributed by atoms with van der Waals surface area (Å²) >= 11 is 0. The van der Waals surface area contributed by atoms with Crippen LogP contribution in [0, 0.1) is 0 Å². The minimum absolute atomic E-state index is 0.00553. The van der Waals surface area contributed by atoms with Gasteiger partial charge >= 0.3 is 0 Å². The lowest BCUT2D eigenvalue weighted by atomic mass is 9.92. The normalized spacial score (nSPS) is 14.9. The average Bonchev–Trinajstić information content (AvgIpc) is 2.48. The Morgan fingerprint density at radius 2 is 1.77 bits per heavy atom. The van der Waals surface area contributed by atoms with E-state index in [2.05, 4.69) is 34.6 Å². The molecule has 0 unspecified atom stereocenters. The minimum Gasteiger partial charge on any atom is -0.322 e. The van der Waals surface area contributed by atoms with Gasteiger partial charge in [-0.3, -0.25) is 4.79 Å². The van der Waals surface area contributed by atoms with Crippen molar-refractivity contribution in [1.82, 2.24) is 10.3 Å². The summed E-state index contributed by atoms with van der Waals surface area (Å²) in [4.78, 5) is 15.2. The summed E-state index contributed by atoms with van der Waals surface area (Å²) in [5, 5.41) is 4.37. The number of fused-ring (bicyclic) bond motifs is 1. The minimum atomic E-state index is 0.00553. The Morgan fingerprint density at radius 3 is 2.50 bits per heavy atom. The van der Waals surface area contributed by atoms with E-state index in [1.807, 2.05) is 30.3 Å². The molecular formula is C19H18N2O. The highest BCUT2D eigenvalue weighted by molar-refractivity contribution is 5.78. The lowest BCUT2D eigenvalue weighted by Crippen LogP contribution is -2.39. The van der Waals surface area contributed by atoms with Crippen LogP contribution < -0.4 is 10.9 Å². The van der Waals surface area contributed by atoms with Crippen molar-refractivity contribution in [3.05, 3.63) is 81.6 Å². The van der Waals surface area contributed by atoms with E-state index in [4.69, 9.17) is 0 Å². The third kappa shape index (κ3) is 2.44. The SMILES string of the molecule is O=c1[nH]c2ccccc2cc1Cc1ccc(C2CNC2)cc1. The lowest BCUT2D eigenvalue weighted by molar-refractivity contribution is 0.448. The van der Waals surface area contributed by atoms with Gasteiger partial charge in [0.25, 0.3) is 5.56 Å². The summed E-state index contributed by atoms with van der Waals surface area (Å²) < 4.78 is 0. The predicted molar refractivity (Wildman–Crippen MR) is 89.4 cm³/mol. The zero-order valence-electron chi connectivity index (χ0n) is 12.3. The van der Waals surface area contributed by atoms with E-state index >= 15 is 0 Å². The van der Waals surface area contributed by atoms with Crippen molar-refractivity contribution < 1.29 is 0 Å². The number of hydrogen-bond acceptors (Lipinski definition) is 2. The maximum absolute atomic E-state index is 12.2. The number of aromatic amines is 1. The van der Waals surface area contributed by atoms with Crippen LogP contribution in [0.3, 0.4) is 0 Å². The summed E-state index contributed by atoms with van der Waals surface area (Å²) in [6.45, 7) is 2.15. The van der Waals surface area contributed by atoms with Crippen LogP contribution in [0.2, 0.25) is 0 Å². The molecule has 0 spiro atoms. The molecule has 0 saturated carbocycles. The van der Waals surface area contributed by atoms with Gasteiger partial charge in [-0.1, -0.05) is 42.5 Å². The van der Waals surface area contributed by atoms with Crippen LogP contribution >= 0.6 is 0 Å². The van der Waals surface area contributed by atoms with Crippen LogP contribution in [-0.4, -0.2) is 18.1 Å². The predicted octanol–water partition coefficient (Wildman–Crippen LogP) is 2.81. The second-order valence-corrected chi connectivity index (χ2v) is 5.98. The van der Waals surface area contributed by atoms with Gasteiger partial charge in [0.2, 0.25) is 0 Å². The fourth-order valence-corrected chi connectivity index (χ4v) is 2.98. The monoisotopic (exact) mass is 290 g/mol. The fraction of sp³-hybridized carbons (Fsp3) is 0.211. The molecule has 22 heavy (non-hydrogen) atoms. The maximum Gasteiger partial charge on any atom is 0.251 e. The van der Waals surface area contributed by atoms with E-state index in [0.29, 0.717) is 12.3 Å². The van der Waals surface area contributed by atoms with Crippen LogP contribution in [-0.2, 0) is 6.42 Å². The first kappa shape index (κ1) is 13.3. The molecule has 2 N–H and O–H groups in total. The zero-order valence-corrected chi connectivity index (χ0v) is 12.3. The van der Waals surface area contributed by atoms with E-state index in [0.717, 1.165) is 29.6 Å². The number of para-hydroxylation sites is 1. The van der Waals surface area contributed by atoms with Gasteiger partial charge in [-0.15, -0.1) is 0 Å². The van der Waals surface area contributed by atoms with Gasteiger partial charge in [0.1, 0.15) is 0 Å². The van der Waals surface area contributed by atoms with Crippen molar-refractivity contribution in [1.29, 1.82) is 0 Å². The molecule has 1 aliphatic heterocycles. The second kappa shape index (κ2) is 5.43. The van der Waals surface area contributed by atoms with E-state index in [1.54, 1.807) is 0 Å². The zero-order chi connectivity index (χ0) is 14.9. The summed E-state index contributed by atoms with van der Waals surface area (Å²) in [7, 11) is 0. The van der Waals surface area contributed by atoms with Gasteiger partial charge in [0.15, 0.2) is 0 Å². The number of H-pyrrole nitrogens is 1. The van der Waals surface area contributed by atoms with Crippen LogP contribution in [0.25, 0.3) is 10.9 Å². The number of pyridine rings is 1. The molecule has 2 aromatic carbocycles. The molecule has 0 bridgehead atoms. The highest BCUT2D eigenvalue weighted by atomic mass is 16.1. The molecule has 110 valence electrons. The number of aromatic nitrogens is 1. The third-order valence-electron chi connectivity index (χ3n) is 4.46. The van der Waals surface area contributed by atoms with E-state index in [-0.39, 0.29) is 5.56 Å². The molecule has 0 atom stereocenters. The van der Waals surface area contributed by atoms with Crippen molar-refractivity contribution >= 4 is 10.9 Å². The van der Waals surface area contributed by atoms with Crippen molar-refractivity contribution in [2.45, 2.75) is 12.3 Å². The molecule has 1 aliphatic rings. The van der Waals surface area contributed by atoms with Gasteiger partial charge in [-0.05, 0) is 28.6 Å². The van der Waals surface area contributed by atoms with Crippen LogP contribution in [0.5, 0.6) is 0 Å². The molecule has 3 heteroatoms. The molecule has 1 aromatic heterocycles. The standard InChI is InChI=1S/C19H18N2O/c22-19-16(10-15-3-1-2-4-18(15)21-19)9-13-5-7-14(8-6-13)17-11-20-12-17/h1-8,10,17,20H,9,11-12H2,(H,21,22). The fourth-order valence-electron chi connectivity index (χ4n) is 2.98. The number of benzene rings is 2. The van der Waals surface area contributed by atoms with Gasteiger partial charge in [-0.25, -0.2) is 0 Å². The Bertz CT molecular complexity index is 860. The first-order valence-electron chi connectivity index (χ1n) is 7.70. The summed E-state index contributed by atoms with van der Waals surface area (Å²) in [5.41, 5.74) is 4.28. The first-order valence-corrected chi connectivity index (χ1v) is 7.70. The average molecular weight is 290 g/mol. The molecule has 0 amide bonds. The highest BCUT2D eigenvalue weighted by Crippen LogP contribution is 2.21. The van der Waals surface area contributed by atoms with Gasteiger partial charge in [0.05, 0.1) is 0 Å². The number of nitrogens with one attached hydrogen (secondary N) is 2. The molecular weight excluding hydrogens is 272 g/mol. The third-order valence-corrected chi connectivity index (χ3v) is 4.46. The van der Waals surface area contributed by atoms with Crippen LogP contribution in [0.4, 0.5) is 0 Å². The molecule has 1 fully saturated rings. The van der Waals surface area contributed by atoms with Crippen molar-refractivity contribution in [2.24, 2.45) is 0 Å². The Hall–Kier alpha value is -2.39. The second-order valence-electron chi connectivity index (χ2n) is 5.98. The molecule has 1 saturated heterocycles. The highest BCUT2D eigenvalue weighted by Gasteiger charge is 2.18. The smallest absolute Gasteiger partial charge is 0.251 e. The molecule has 4 rings (SSSR count). The maximum atomic E-state index is 12.2. The molecule has 3 aromatic rings. The number of hydrogen-bond donors (Lipinski definition) is 2. The van der Waals surface area contributed by atoms with Gasteiger partial charge < -0.3 is 10.3 Å². The van der Waals surface area contributed by atoms with Gasteiger partial charge in [0, 0.05) is 36.5 Å².